The Labute approximate surface area is 136 Å². The third kappa shape index (κ3) is 4.04. The van der Waals surface area contributed by atoms with Gasteiger partial charge in [-0.3, -0.25) is 4.90 Å². The predicted octanol–water partition coefficient (Wildman–Crippen LogP) is 5.19. The second-order valence-corrected chi connectivity index (χ2v) is 7.16. The van der Waals surface area contributed by atoms with Gasteiger partial charge < -0.3 is 4.74 Å². The first kappa shape index (κ1) is 17.3. The molecule has 0 aliphatic carbocycles. The lowest BCUT2D eigenvalue weighted by Crippen LogP contribution is -2.43. The standard InChI is InChI=1S/C20H33NO/c1-6-21-13-8-7-10-17(21)14-22-20-18(15(2)3)11-9-12-19(20)16(4)5/h9,11-12,15-17H,6-8,10,13-14H2,1-5H3. The monoisotopic (exact) mass is 303 g/mol. The number of hydrogen-bond donors (Lipinski definition) is 0. The molecule has 1 aliphatic rings. The van der Waals surface area contributed by atoms with Crippen molar-refractivity contribution in [3.05, 3.63) is 29.3 Å². The molecule has 1 fully saturated rings. The molecule has 0 radical (unpaired) electrons. The molecule has 2 rings (SSSR count). The minimum atomic E-state index is 0.502. The second kappa shape index (κ2) is 8.01. The van der Waals surface area contributed by atoms with Crippen molar-refractivity contribution >= 4 is 0 Å². The first-order chi connectivity index (χ1) is 10.5. The van der Waals surface area contributed by atoms with Gasteiger partial charge in [-0.2, -0.15) is 0 Å². The van der Waals surface area contributed by atoms with Gasteiger partial charge in [0.05, 0.1) is 0 Å². The van der Waals surface area contributed by atoms with Crippen LogP contribution >= 0.6 is 0 Å². The van der Waals surface area contributed by atoms with Crippen LogP contribution in [0.4, 0.5) is 0 Å². The number of ether oxygens (including phenoxy) is 1. The molecule has 1 saturated heterocycles. The molecule has 1 aromatic carbocycles. The Morgan fingerprint density at radius 3 is 2.27 bits per heavy atom. The summed E-state index contributed by atoms with van der Waals surface area (Å²) in [6, 6.07) is 7.21. The van der Waals surface area contributed by atoms with Crippen LogP contribution in [0, 0.1) is 0 Å². The molecule has 0 spiro atoms. The van der Waals surface area contributed by atoms with E-state index in [1.807, 2.05) is 0 Å². The molecule has 22 heavy (non-hydrogen) atoms. The average molecular weight is 303 g/mol. The fourth-order valence-electron chi connectivity index (χ4n) is 3.49. The zero-order valence-electron chi connectivity index (χ0n) is 15.1. The van der Waals surface area contributed by atoms with Gasteiger partial charge in [0, 0.05) is 6.04 Å². The van der Waals surface area contributed by atoms with E-state index >= 15 is 0 Å². The molecule has 1 atom stereocenters. The minimum Gasteiger partial charge on any atom is -0.491 e. The Bertz CT molecular complexity index is 441. The number of nitrogens with zero attached hydrogens (tertiary/aromatic N) is 1. The lowest BCUT2D eigenvalue weighted by Gasteiger charge is -2.35. The van der Waals surface area contributed by atoms with E-state index in [9.17, 15) is 0 Å². The van der Waals surface area contributed by atoms with Gasteiger partial charge in [0.1, 0.15) is 12.4 Å². The van der Waals surface area contributed by atoms with Crippen molar-refractivity contribution in [2.45, 2.75) is 71.8 Å². The number of likely N-dealkylation sites (N-methyl/N-ethyl adjacent to an activating group) is 1. The summed E-state index contributed by atoms with van der Waals surface area (Å²) in [5.41, 5.74) is 2.70. The summed E-state index contributed by atoms with van der Waals surface area (Å²) >= 11 is 0. The molecule has 0 N–H and O–H groups in total. The first-order valence-electron chi connectivity index (χ1n) is 9.04. The van der Waals surface area contributed by atoms with Gasteiger partial charge in [-0.1, -0.05) is 59.2 Å². The van der Waals surface area contributed by atoms with Crippen molar-refractivity contribution in [3.8, 4) is 5.75 Å². The van der Waals surface area contributed by atoms with E-state index in [0.717, 1.165) is 18.9 Å². The van der Waals surface area contributed by atoms with Crippen molar-refractivity contribution < 1.29 is 4.74 Å². The Morgan fingerprint density at radius 2 is 1.73 bits per heavy atom. The number of para-hydroxylation sites is 1. The van der Waals surface area contributed by atoms with E-state index in [-0.39, 0.29) is 0 Å². The number of piperidine rings is 1. The highest BCUT2D eigenvalue weighted by Crippen LogP contribution is 2.35. The lowest BCUT2D eigenvalue weighted by molar-refractivity contribution is 0.104. The van der Waals surface area contributed by atoms with Crippen molar-refractivity contribution in [1.29, 1.82) is 0 Å². The molecular formula is C20H33NO. The zero-order chi connectivity index (χ0) is 16.1. The maximum absolute atomic E-state index is 6.42. The van der Waals surface area contributed by atoms with E-state index < -0.39 is 0 Å². The molecule has 0 bridgehead atoms. The third-order valence-corrected chi connectivity index (χ3v) is 4.90. The highest BCUT2D eigenvalue weighted by atomic mass is 16.5. The maximum atomic E-state index is 6.42. The SMILES string of the molecule is CCN1CCCCC1COc1c(C(C)C)cccc1C(C)C. The minimum absolute atomic E-state index is 0.502. The molecule has 1 aliphatic heterocycles. The molecule has 2 heteroatoms. The molecule has 0 saturated carbocycles. The molecule has 1 unspecified atom stereocenters. The Balaban J connectivity index is 2.17. The van der Waals surface area contributed by atoms with Gasteiger partial charge in [0.2, 0.25) is 0 Å². The normalized spacial score (nSPS) is 19.9. The Morgan fingerprint density at radius 1 is 1.09 bits per heavy atom. The van der Waals surface area contributed by atoms with Gasteiger partial charge in [0.15, 0.2) is 0 Å². The van der Waals surface area contributed by atoms with Crippen LogP contribution in [0.5, 0.6) is 5.75 Å². The number of likely N-dealkylation sites (tertiary alicyclic amines) is 1. The highest BCUT2D eigenvalue weighted by molar-refractivity contribution is 5.44. The number of benzene rings is 1. The van der Waals surface area contributed by atoms with E-state index in [1.54, 1.807) is 0 Å². The molecule has 2 nitrogen and oxygen atoms in total. The largest absolute Gasteiger partial charge is 0.491 e. The van der Waals surface area contributed by atoms with E-state index in [0.29, 0.717) is 17.9 Å². The molecule has 0 amide bonds. The smallest absolute Gasteiger partial charge is 0.126 e. The maximum Gasteiger partial charge on any atom is 0.126 e. The lowest BCUT2D eigenvalue weighted by atomic mass is 9.94. The summed E-state index contributed by atoms with van der Waals surface area (Å²) < 4.78 is 6.42. The van der Waals surface area contributed by atoms with E-state index in [4.69, 9.17) is 4.74 Å². The van der Waals surface area contributed by atoms with Crippen molar-refractivity contribution in [1.82, 2.24) is 4.90 Å². The van der Waals surface area contributed by atoms with Crippen LogP contribution in [0.1, 0.15) is 76.8 Å². The van der Waals surface area contributed by atoms with Crippen LogP contribution in [0.2, 0.25) is 0 Å². The Kier molecular flexibility index (Phi) is 6.31. The quantitative estimate of drug-likeness (QED) is 0.717. The summed E-state index contributed by atoms with van der Waals surface area (Å²) in [5.74, 6) is 2.15. The van der Waals surface area contributed by atoms with Crippen LogP contribution in [0.15, 0.2) is 18.2 Å². The van der Waals surface area contributed by atoms with E-state index in [2.05, 4.69) is 57.7 Å². The molecule has 0 aromatic heterocycles. The van der Waals surface area contributed by atoms with Gasteiger partial charge >= 0.3 is 0 Å². The molecule has 124 valence electrons. The van der Waals surface area contributed by atoms with Crippen molar-refractivity contribution in [3.63, 3.8) is 0 Å². The second-order valence-electron chi connectivity index (χ2n) is 7.16. The topological polar surface area (TPSA) is 12.5 Å². The van der Waals surface area contributed by atoms with Gasteiger partial charge in [0.25, 0.3) is 0 Å². The van der Waals surface area contributed by atoms with Gasteiger partial charge in [-0.05, 0) is 48.9 Å². The fourth-order valence-corrected chi connectivity index (χ4v) is 3.49. The van der Waals surface area contributed by atoms with Crippen LogP contribution in [0.3, 0.4) is 0 Å². The van der Waals surface area contributed by atoms with Crippen LogP contribution in [-0.4, -0.2) is 30.6 Å². The van der Waals surface area contributed by atoms with Crippen molar-refractivity contribution in [2.75, 3.05) is 19.7 Å². The van der Waals surface area contributed by atoms with Gasteiger partial charge in [-0.25, -0.2) is 0 Å². The first-order valence-corrected chi connectivity index (χ1v) is 9.04. The fraction of sp³-hybridized carbons (Fsp3) is 0.700. The van der Waals surface area contributed by atoms with Crippen LogP contribution < -0.4 is 4.74 Å². The number of hydrogen-bond acceptors (Lipinski definition) is 2. The zero-order valence-corrected chi connectivity index (χ0v) is 15.1. The third-order valence-electron chi connectivity index (χ3n) is 4.90. The van der Waals surface area contributed by atoms with Gasteiger partial charge in [-0.15, -0.1) is 0 Å². The molecular weight excluding hydrogens is 270 g/mol. The highest BCUT2D eigenvalue weighted by Gasteiger charge is 2.23. The summed E-state index contributed by atoms with van der Waals surface area (Å²) in [7, 11) is 0. The summed E-state index contributed by atoms with van der Waals surface area (Å²) in [4.78, 5) is 2.58. The Hall–Kier alpha value is -1.02. The summed E-state index contributed by atoms with van der Waals surface area (Å²) in [5, 5.41) is 0. The number of rotatable bonds is 6. The summed E-state index contributed by atoms with van der Waals surface area (Å²) in [6.45, 7) is 14.5. The van der Waals surface area contributed by atoms with E-state index in [1.165, 1.54) is 36.9 Å². The van der Waals surface area contributed by atoms with Crippen LogP contribution in [0.25, 0.3) is 0 Å². The summed E-state index contributed by atoms with van der Waals surface area (Å²) in [6.07, 6.45) is 3.95. The average Bonchev–Trinajstić information content (AvgIpc) is 2.52. The van der Waals surface area contributed by atoms with Crippen LogP contribution in [-0.2, 0) is 0 Å². The van der Waals surface area contributed by atoms with Crippen molar-refractivity contribution in [2.24, 2.45) is 0 Å². The molecule has 1 aromatic rings. The molecule has 1 heterocycles. The predicted molar refractivity (Wildman–Crippen MR) is 95.0 cm³/mol.